The predicted molar refractivity (Wildman–Crippen MR) is 71.9 cm³/mol. The molecule has 5 heteroatoms. The Hall–Kier alpha value is -1.88. The van der Waals surface area contributed by atoms with Crippen LogP contribution in [0.3, 0.4) is 0 Å². The molecule has 1 heterocycles. The Labute approximate surface area is 112 Å². The highest BCUT2D eigenvalue weighted by atomic mass is 16.4. The number of rotatable bonds is 6. The zero-order chi connectivity index (χ0) is 13.7. The molecule has 0 atom stereocenters. The number of carboxylic acid groups (broad SMARTS) is 1. The molecule has 2 rings (SSSR count). The van der Waals surface area contributed by atoms with Crippen molar-refractivity contribution in [1.82, 2.24) is 4.90 Å². The summed E-state index contributed by atoms with van der Waals surface area (Å²) in [6.45, 7) is 2.25. The summed E-state index contributed by atoms with van der Waals surface area (Å²) in [6, 6.07) is 9.36. The van der Waals surface area contributed by atoms with Crippen LogP contribution in [0.5, 0.6) is 0 Å². The lowest BCUT2D eigenvalue weighted by Crippen LogP contribution is -2.48. The van der Waals surface area contributed by atoms with Crippen LogP contribution in [0.15, 0.2) is 30.3 Å². The second-order valence-corrected chi connectivity index (χ2v) is 4.89. The van der Waals surface area contributed by atoms with E-state index in [0.29, 0.717) is 13.0 Å². The topological polar surface area (TPSA) is 69.6 Å². The second kappa shape index (κ2) is 6.33. The van der Waals surface area contributed by atoms with Crippen molar-refractivity contribution >= 4 is 17.6 Å². The molecular formula is C14H18N2O3. The van der Waals surface area contributed by atoms with Gasteiger partial charge in [-0.15, -0.1) is 0 Å². The van der Waals surface area contributed by atoms with Crippen molar-refractivity contribution in [2.75, 3.05) is 25.0 Å². The molecule has 0 aliphatic carbocycles. The van der Waals surface area contributed by atoms with E-state index in [1.165, 1.54) is 0 Å². The van der Waals surface area contributed by atoms with Crippen molar-refractivity contribution in [1.29, 1.82) is 0 Å². The fourth-order valence-electron chi connectivity index (χ4n) is 2.24. The van der Waals surface area contributed by atoms with Crippen molar-refractivity contribution in [2.45, 2.75) is 12.8 Å². The smallest absolute Gasteiger partial charge is 0.303 e. The Morgan fingerprint density at radius 3 is 2.58 bits per heavy atom. The number of hydrogen-bond donors (Lipinski definition) is 2. The van der Waals surface area contributed by atoms with Gasteiger partial charge >= 0.3 is 5.97 Å². The number of hydrogen-bond acceptors (Lipinski definition) is 3. The van der Waals surface area contributed by atoms with Crippen molar-refractivity contribution in [3.63, 3.8) is 0 Å². The minimum atomic E-state index is -0.744. The Balaban J connectivity index is 1.62. The van der Waals surface area contributed by atoms with E-state index >= 15 is 0 Å². The maximum absolute atomic E-state index is 11.7. The first kappa shape index (κ1) is 13.5. The molecule has 19 heavy (non-hydrogen) atoms. The van der Waals surface area contributed by atoms with Gasteiger partial charge in [0.05, 0.1) is 6.42 Å². The molecule has 0 unspecified atom stereocenters. The minimum absolute atomic E-state index is 0.00659. The van der Waals surface area contributed by atoms with Gasteiger partial charge in [-0.25, -0.2) is 0 Å². The van der Waals surface area contributed by atoms with E-state index < -0.39 is 5.97 Å². The lowest BCUT2D eigenvalue weighted by Gasteiger charge is -2.38. The maximum Gasteiger partial charge on any atom is 0.303 e. The molecule has 5 nitrogen and oxygen atoms in total. The number of anilines is 1. The fraction of sp³-hybridized carbons (Fsp3) is 0.429. The van der Waals surface area contributed by atoms with Gasteiger partial charge in [-0.05, 0) is 18.1 Å². The van der Waals surface area contributed by atoms with Gasteiger partial charge in [0.1, 0.15) is 0 Å². The molecule has 1 aromatic carbocycles. The van der Waals surface area contributed by atoms with Crippen LogP contribution in [-0.4, -0.2) is 41.5 Å². The van der Waals surface area contributed by atoms with E-state index in [4.69, 9.17) is 5.11 Å². The normalized spacial score (nSPS) is 15.8. The third kappa shape index (κ3) is 4.37. The van der Waals surface area contributed by atoms with Gasteiger partial charge in [-0.2, -0.15) is 0 Å². The SMILES string of the molecule is O=C(O)CC1CN(CCC(=O)Nc2ccccc2)C1. The molecule has 0 bridgehead atoms. The summed E-state index contributed by atoms with van der Waals surface area (Å²) in [5, 5.41) is 11.5. The van der Waals surface area contributed by atoms with Crippen LogP contribution < -0.4 is 5.32 Å². The summed E-state index contributed by atoms with van der Waals surface area (Å²) >= 11 is 0. The van der Waals surface area contributed by atoms with E-state index in [-0.39, 0.29) is 18.2 Å². The molecule has 102 valence electrons. The summed E-state index contributed by atoms with van der Waals surface area (Å²) in [7, 11) is 0. The third-order valence-corrected chi connectivity index (χ3v) is 3.21. The second-order valence-electron chi connectivity index (χ2n) is 4.89. The van der Waals surface area contributed by atoms with E-state index in [2.05, 4.69) is 10.2 Å². The standard InChI is InChI=1S/C14H18N2O3/c17-13(15-12-4-2-1-3-5-12)6-7-16-9-11(10-16)8-14(18)19/h1-5,11H,6-10H2,(H,15,17)(H,18,19). The van der Waals surface area contributed by atoms with E-state index in [1.807, 2.05) is 30.3 Å². The van der Waals surface area contributed by atoms with Gasteiger partial charge in [-0.3, -0.25) is 9.59 Å². The highest BCUT2D eigenvalue weighted by molar-refractivity contribution is 5.90. The van der Waals surface area contributed by atoms with Crippen molar-refractivity contribution < 1.29 is 14.7 Å². The number of carbonyl (C=O) groups is 2. The number of carboxylic acids is 1. The summed E-state index contributed by atoms with van der Waals surface area (Å²) in [4.78, 5) is 24.3. The van der Waals surface area contributed by atoms with Crippen LogP contribution in [0.25, 0.3) is 0 Å². The van der Waals surface area contributed by atoms with Gasteiger partial charge in [0.25, 0.3) is 0 Å². The first-order valence-electron chi connectivity index (χ1n) is 6.42. The van der Waals surface area contributed by atoms with Crippen LogP contribution >= 0.6 is 0 Å². The van der Waals surface area contributed by atoms with Gasteiger partial charge in [0.2, 0.25) is 5.91 Å². The van der Waals surface area contributed by atoms with Gasteiger partial charge in [0, 0.05) is 31.7 Å². The zero-order valence-corrected chi connectivity index (χ0v) is 10.7. The maximum atomic E-state index is 11.7. The average molecular weight is 262 g/mol. The number of nitrogens with zero attached hydrogens (tertiary/aromatic N) is 1. The predicted octanol–water partition coefficient (Wildman–Crippen LogP) is 1.42. The number of para-hydroxylation sites is 1. The molecule has 0 aromatic heterocycles. The molecule has 1 saturated heterocycles. The largest absolute Gasteiger partial charge is 0.481 e. The highest BCUT2D eigenvalue weighted by Crippen LogP contribution is 2.19. The Morgan fingerprint density at radius 2 is 1.95 bits per heavy atom. The fourth-order valence-corrected chi connectivity index (χ4v) is 2.24. The Kier molecular flexibility index (Phi) is 4.52. The molecule has 0 spiro atoms. The summed E-state index contributed by atoms with van der Waals surface area (Å²) in [5.74, 6) is -0.506. The molecular weight excluding hydrogens is 244 g/mol. The van der Waals surface area contributed by atoms with Crippen LogP contribution in [0.2, 0.25) is 0 Å². The minimum Gasteiger partial charge on any atom is -0.481 e. The van der Waals surface area contributed by atoms with Gasteiger partial charge in [-0.1, -0.05) is 18.2 Å². The van der Waals surface area contributed by atoms with Gasteiger partial charge < -0.3 is 15.3 Å². The Bertz CT molecular complexity index is 441. The lowest BCUT2D eigenvalue weighted by atomic mass is 9.96. The number of amides is 1. The molecule has 1 amide bonds. The first-order valence-corrected chi connectivity index (χ1v) is 6.42. The van der Waals surface area contributed by atoms with Crippen LogP contribution in [0.1, 0.15) is 12.8 Å². The molecule has 0 saturated carbocycles. The summed E-state index contributed by atoms with van der Waals surface area (Å²) < 4.78 is 0. The quantitative estimate of drug-likeness (QED) is 0.813. The molecule has 1 fully saturated rings. The molecule has 0 radical (unpaired) electrons. The van der Waals surface area contributed by atoms with Crippen molar-refractivity contribution in [3.05, 3.63) is 30.3 Å². The van der Waals surface area contributed by atoms with Crippen LogP contribution in [0, 0.1) is 5.92 Å². The van der Waals surface area contributed by atoms with Crippen LogP contribution in [-0.2, 0) is 9.59 Å². The first-order chi connectivity index (χ1) is 9.13. The highest BCUT2D eigenvalue weighted by Gasteiger charge is 2.28. The number of benzene rings is 1. The van der Waals surface area contributed by atoms with Crippen molar-refractivity contribution in [2.24, 2.45) is 5.92 Å². The van der Waals surface area contributed by atoms with Gasteiger partial charge in [0.15, 0.2) is 0 Å². The molecule has 2 N–H and O–H groups in total. The summed E-state index contributed by atoms with van der Waals surface area (Å²) in [6.07, 6.45) is 0.668. The third-order valence-electron chi connectivity index (χ3n) is 3.21. The number of aliphatic carboxylic acids is 1. The monoisotopic (exact) mass is 262 g/mol. The molecule has 1 aromatic rings. The molecule has 1 aliphatic rings. The summed E-state index contributed by atoms with van der Waals surface area (Å²) in [5.41, 5.74) is 0.805. The number of likely N-dealkylation sites (tertiary alicyclic amines) is 1. The zero-order valence-electron chi connectivity index (χ0n) is 10.7. The lowest BCUT2D eigenvalue weighted by molar-refractivity contribution is -0.139. The van der Waals surface area contributed by atoms with Crippen molar-refractivity contribution in [3.8, 4) is 0 Å². The van der Waals surface area contributed by atoms with E-state index in [1.54, 1.807) is 0 Å². The van der Waals surface area contributed by atoms with E-state index in [9.17, 15) is 9.59 Å². The van der Waals surface area contributed by atoms with E-state index in [0.717, 1.165) is 18.8 Å². The number of nitrogens with one attached hydrogen (secondary N) is 1. The number of carbonyl (C=O) groups excluding carboxylic acids is 1. The van der Waals surface area contributed by atoms with Crippen LogP contribution in [0.4, 0.5) is 5.69 Å². The molecule has 1 aliphatic heterocycles. The average Bonchev–Trinajstić information content (AvgIpc) is 2.32. The Morgan fingerprint density at radius 1 is 1.26 bits per heavy atom.